The minimum absolute atomic E-state index is 0.256. The van der Waals surface area contributed by atoms with Crippen LogP contribution in [0, 0.1) is 0 Å². The van der Waals surface area contributed by atoms with Gasteiger partial charge >= 0.3 is 0 Å². The van der Waals surface area contributed by atoms with E-state index in [1.165, 1.54) is 12.8 Å². The lowest BCUT2D eigenvalue weighted by molar-refractivity contribution is 0.0436. The van der Waals surface area contributed by atoms with E-state index in [9.17, 15) is 0 Å². The van der Waals surface area contributed by atoms with Gasteiger partial charge in [-0.15, -0.1) is 0 Å². The molecule has 1 aliphatic heterocycles. The zero-order chi connectivity index (χ0) is 7.56. The molecule has 0 saturated carbocycles. The summed E-state index contributed by atoms with van der Waals surface area (Å²) in [6.45, 7) is 6.44. The highest BCUT2D eigenvalue weighted by Crippen LogP contribution is 2.15. The van der Waals surface area contributed by atoms with Gasteiger partial charge in [0.2, 0.25) is 0 Å². The summed E-state index contributed by atoms with van der Waals surface area (Å²) in [5.74, 6) is 0. The molecule has 1 N–H and O–H groups in total. The molecule has 0 spiro atoms. The van der Waals surface area contributed by atoms with Crippen LogP contribution in [0.15, 0.2) is 0 Å². The maximum Gasteiger partial charge on any atom is 0.106 e. The Bertz CT molecular complexity index is 105. The van der Waals surface area contributed by atoms with Crippen molar-refractivity contribution in [2.45, 2.75) is 52.0 Å². The Hall–Kier alpha value is -0.0800. The summed E-state index contributed by atoms with van der Waals surface area (Å²) in [5.41, 5.74) is 0. The molecular formula is C8H17NO. The molecule has 2 nitrogen and oxygen atoms in total. The van der Waals surface area contributed by atoms with E-state index in [1.807, 2.05) is 0 Å². The molecule has 0 bridgehead atoms. The first-order valence-corrected chi connectivity index (χ1v) is 4.15. The molecule has 1 rings (SSSR count). The molecule has 1 fully saturated rings. The van der Waals surface area contributed by atoms with Crippen molar-refractivity contribution < 1.29 is 4.74 Å². The maximum absolute atomic E-state index is 5.60. The Morgan fingerprint density at radius 2 is 2.10 bits per heavy atom. The molecular weight excluding hydrogens is 126 g/mol. The summed E-state index contributed by atoms with van der Waals surface area (Å²) in [6.07, 6.45) is 3.09. The van der Waals surface area contributed by atoms with E-state index in [0.717, 1.165) is 0 Å². The lowest BCUT2D eigenvalue weighted by Crippen LogP contribution is -2.28. The Balaban J connectivity index is 2.31. The van der Waals surface area contributed by atoms with E-state index in [1.54, 1.807) is 0 Å². The largest absolute Gasteiger partial charge is 0.359 e. The standard InChI is InChI=1S/C8H17NO/c1-4-5-8-6(2)9-7(3)10-8/h6-9H,4-5H2,1-3H3. The van der Waals surface area contributed by atoms with Crippen LogP contribution in [0.3, 0.4) is 0 Å². The quantitative estimate of drug-likeness (QED) is 0.632. The van der Waals surface area contributed by atoms with E-state index in [-0.39, 0.29) is 6.23 Å². The summed E-state index contributed by atoms with van der Waals surface area (Å²) in [5, 5.41) is 3.33. The summed E-state index contributed by atoms with van der Waals surface area (Å²) in [4.78, 5) is 0. The van der Waals surface area contributed by atoms with Gasteiger partial charge in [0.15, 0.2) is 0 Å². The van der Waals surface area contributed by atoms with Crippen molar-refractivity contribution in [1.29, 1.82) is 0 Å². The van der Waals surface area contributed by atoms with Gasteiger partial charge in [-0.1, -0.05) is 13.3 Å². The first kappa shape index (κ1) is 8.02. The molecule has 0 aromatic carbocycles. The zero-order valence-corrected chi connectivity index (χ0v) is 7.05. The monoisotopic (exact) mass is 143 g/mol. The lowest BCUT2D eigenvalue weighted by Gasteiger charge is -2.11. The highest BCUT2D eigenvalue weighted by Gasteiger charge is 2.27. The van der Waals surface area contributed by atoms with Crippen molar-refractivity contribution in [2.24, 2.45) is 0 Å². The first-order valence-electron chi connectivity index (χ1n) is 4.15. The molecule has 1 aliphatic rings. The summed E-state index contributed by atoms with van der Waals surface area (Å²) in [6, 6.07) is 0.537. The number of ether oxygens (including phenoxy) is 1. The minimum Gasteiger partial charge on any atom is -0.359 e. The number of hydrogen-bond donors (Lipinski definition) is 1. The maximum atomic E-state index is 5.60. The SMILES string of the molecule is CCCC1OC(C)NC1C. The molecule has 0 aromatic heterocycles. The second kappa shape index (κ2) is 3.35. The number of rotatable bonds is 2. The molecule has 2 heteroatoms. The molecule has 0 radical (unpaired) electrons. The van der Waals surface area contributed by atoms with E-state index in [0.29, 0.717) is 12.1 Å². The molecule has 3 atom stereocenters. The fourth-order valence-electron chi connectivity index (χ4n) is 1.50. The number of hydrogen-bond acceptors (Lipinski definition) is 2. The Morgan fingerprint density at radius 1 is 1.40 bits per heavy atom. The van der Waals surface area contributed by atoms with Crippen LogP contribution in [0.4, 0.5) is 0 Å². The van der Waals surface area contributed by atoms with Crippen LogP contribution in [-0.4, -0.2) is 18.4 Å². The molecule has 0 aliphatic carbocycles. The van der Waals surface area contributed by atoms with Crippen LogP contribution in [-0.2, 0) is 4.74 Å². The second-order valence-electron chi connectivity index (χ2n) is 3.06. The van der Waals surface area contributed by atoms with Crippen molar-refractivity contribution in [2.75, 3.05) is 0 Å². The van der Waals surface area contributed by atoms with Gasteiger partial charge in [-0.25, -0.2) is 0 Å². The molecule has 60 valence electrons. The Kier molecular flexibility index (Phi) is 2.69. The van der Waals surface area contributed by atoms with Crippen molar-refractivity contribution in [3.05, 3.63) is 0 Å². The van der Waals surface area contributed by atoms with Gasteiger partial charge in [0, 0.05) is 6.04 Å². The van der Waals surface area contributed by atoms with Crippen LogP contribution in [0.2, 0.25) is 0 Å². The molecule has 0 amide bonds. The molecule has 1 saturated heterocycles. The minimum atomic E-state index is 0.256. The summed E-state index contributed by atoms with van der Waals surface area (Å²) >= 11 is 0. The van der Waals surface area contributed by atoms with E-state index in [2.05, 4.69) is 26.1 Å². The van der Waals surface area contributed by atoms with E-state index < -0.39 is 0 Å². The third kappa shape index (κ3) is 1.70. The predicted molar refractivity (Wildman–Crippen MR) is 41.8 cm³/mol. The first-order chi connectivity index (χ1) is 4.74. The van der Waals surface area contributed by atoms with Crippen LogP contribution in [0.1, 0.15) is 33.6 Å². The average Bonchev–Trinajstić information content (AvgIpc) is 2.13. The van der Waals surface area contributed by atoms with Crippen LogP contribution >= 0.6 is 0 Å². The van der Waals surface area contributed by atoms with Crippen LogP contribution in [0.5, 0.6) is 0 Å². The third-order valence-corrected chi connectivity index (χ3v) is 2.01. The molecule has 1 heterocycles. The normalized spacial score (nSPS) is 40.5. The van der Waals surface area contributed by atoms with Crippen molar-refractivity contribution in [3.63, 3.8) is 0 Å². The fraction of sp³-hybridized carbons (Fsp3) is 1.00. The summed E-state index contributed by atoms with van der Waals surface area (Å²) < 4.78 is 5.60. The lowest BCUT2D eigenvalue weighted by atomic mass is 10.1. The van der Waals surface area contributed by atoms with Gasteiger partial charge in [0.25, 0.3) is 0 Å². The van der Waals surface area contributed by atoms with Gasteiger partial charge in [0.05, 0.1) is 6.10 Å². The topological polar surface area (TPSA) is 21.3 Å². The van der Waals surface area contributed by atoms with Crippen LogP contribution in [0.25, 0.3) is 0 Å². The zero-order valence-electron chi connectivity index (χ0n) is 7.05. The smallest absolute Gasteiger partial charge is 0.106 e. The Labute approximate surface area is 63.0 Å². The van der Waals surface area contributed by atoms with Gasteiger partial charge in [-0.05, 0) is 20.3 Å². The Morgan fingerprint density at radius 3 is 2.50 bits per heavy atom. The highest BCUT2D eigenvalue weighted by molar-refractivity contribution is 4.79. The molecule has 10 heavy (non-hydrogen) atoms. The highest BCUT2D eigenvalue weighted by atomic mass is 16.5. The van der Waals surface area contributed by atoms with Crippen LogP contribution < -0.4 is 5.32 Å². The van der Waals surface area contributed by atoms with Gasteiger partial charge in [-0.3, -0.25) is 5.32 Å². The average molecular weight is 143 g/mol. The van der Waals surface area contributed by atoms with Gasteiger partial charge in [0.1, 0.15) is 6.23 Å². The van der Waals surface area contributed by atoms with Crippen molar-refractivity contribution in [3.8, 4) is 0 Å². The third-order valence-electron chi connectivity index (χ3n) is 2.01. The van der Waals surface area contributed by atoms with Gasteiger partial charge < -0.3 is 4.74 Å². The van der Waals surface area contributed by atoms with E-state index >= 15 is 0 Å². The molecule has 0 aromatic rings. The number of nitrogens with one attached hydrogen (secondary N) is 1. The van der Waals surface area contributed by atoms with Crippen molar-refractivity contribution >= 4 is 0 Å². The molecule has 3 unspecified atom stereocenters. The van der Waals surface area contributed by atoms with Crippen molar-refractivity contribution in [1.82, 2.24) is 5.32 Å². The van der Waals surface area contributed by atoms with Gasteiger partial charge in [-0.2, -0.15) is 0 Å². The summed E-state index contributed by atoms with van der Waals surface area (Å²) in [7, 11) is 0. The van der Waals surface area contributed by atoms with E-state index in [4.69, 9.17) is 4.74 Å². The predicted octanol–water partition coefficient (Wildman–Crippen LogP) is 1.51. The fourth-order valence-corrected chi connectivity index (χ4v) is 1.50. The second-order valence-corrected chi connectivity index (χ2v) is 3.06.